The molecule has 0 saturated carbocycles. The first-order chi connectivity index (χ1) is 5.83. The number of rotatable bonds is 5. The van der Waals surface area contributed by atoms with Crippen molar-refractivity contribution < 1.29 is 19.0 Å². The van der Waals surface area contributed by atoms with E-state index >= 15 is 0 Å². The van der Waals surface area contributed by atoms with Gasteiger partial charge in [0.15, 0.2) is 5.78 Å². The molecule has 0 amide bonds. The second-order valence-electron chi connectivity index (χ2n) is 2.77. The van der Waals surface area contributed by atoms with E-state index in [9.17, 15) is 4.79 Å². The van der Waals surface area contributed by atoms with E-state index in [0.29, 0.717) is 6.61 Å². The average molecular weight is 174 g/mol. The van der Waals surface area contributed by atoms with Gasteiger partial charge in [0.25, 0.3) is 0 Å². The molecular weight excluding hydrogens is 160 g/mol. The van der Waals surface area contributed by atoms with Crippen molar-refractivity contribution in [2.45, 2.75) is 12.5 Å². The van der Waals surface area contributed by atoms with E-state index in [2.05, 4.69) is 4.74 Å². The van der Waals surface area contributed by atoms with E-state index in [1.54, 1.807) is 0 Å². The Morgan fingerprint density at radius 2 is 2.42 bits per heavy atom. The fourth-order valence-corrected chi connectivity index (χ4v) is 1.06. The fraction of sp³-hybridized carbons (Fsp3) is 0.875. The van der Waals surface area contributed by atoms with Gasteiger partial charge in [0.1, 0.15) is 13.2 Å². The summed E-state index contributed by atoms with van der Waals surface area (Å²) in [7, 11) is 1.50. The lowest BCUT2D eigenvalue weighted by Gasteiger charge is -2.07. The molecule has 4 nitrogen and oxygen atoms in total. The number of Topliss-reactive ketones (excluding diaryl/α,β-unsaturated/α-hetero) is 1. The van der Waals surface area contributed by atoms with Gasteiger partial charge in [-0.2, -0.15) is 0 Å². The van der Waals surface area contributed by atoms with Crippen LogP contribution in [0.2, 0.25) is 0 Å². The van der Waals surface area contributed by atoms with Crippen LogP contribution in [0.1, 0.15) is 6.42 Å². The number of ketones is 1. The molecule has 1 aliphatic rings. The van der Waals surface area contributed by atoms with Crippen molar-refractivity contribution in [1.82, 2.24) is 0 Å². The molecular formula is C8H14O4. The van der Waals surface area contributed by atoms with Crippen LogP contribution in [0.3, 0.4) is 0 Å². The van der Waals surface area contributed by atoms with E-state index in [4.69, 9.17) is 9.47 Å². The van der Waals surface area contributed by atoms with Crippen LogP contribution in [-0.4, -0.2) is 45.4 Å². The molecule has 0 radical (unpaired) electrons. The highest BCUT2D eigenvalue weighted by molar-refractivity contribution is 5.80. The van der Waals surface area contributed by atoms with Crippen molar-refractivity contribution in [1.29, 1.82) is 0 Å². The Morgan fingerprint density at radius 3 is 3.00 bits per heavy atom. The number of ether oxygens (including phenoxy) is 3. The predicted octanol–water partition coefficient (Wildman–Crippen LogP) is 0.00740. The Bertz CT molecular complexity index is 140. The number of carbonyl (C=O) groups is 1. The van der Waals surface area contributed by atoms with Crippen LogP contribution in [0.5, 0.6) is 0 Å². The third-order valence-electron chi connectivity index (χ3n) is 1.67. The Morgan fingerprint density at radius 1 is 1.58 bits per heavy atom. The van der Waals surface area contributed by atoms with E-state index < -0.39 is 0 Å². The van der Waals surface area contributed by atoms with Gasteiger partial charge in [-0.15, -0.1) is 0 Å². The molecule has 0 aromatic carbocycles. The Balaban J connectivity index is 2.03. The molecule has 1 fully saturated rings. The molecule has 0 N–H and O–H groups in total. The zero-order chi connectivity index (χ0) is 8.81. The van der Waals surface area contributed by atoms with Crippen LogP contribution in [0.25, 0.3) is 0 Å². The standard InChI is InChI=1S/C8H14O4/c1-10-4-7(9)5-12-8-2-3-11-6-8/h8H,2-6H2,1H3. The monoisotopic (exact) mass is 174 g/mol. The molecule has 70 valence electrons. The van der Waals surface area contributed by atoms with E-state index in [1.807, 2.05) is 0 Å². The first-order valence-corrected chi connectivity index (χ1v) is 4.03. The third-order valence-corrected chi connectivity index (χ3v) is 1.67. The summed E-state index contributed by atoms with van der Waals surface area (Å²) in [6.07, 6.45) is 0.992. The molecule has 0 aromatic rings. The predicted molar refractivity (Wildman–Crippen MR) is 42.1 cm³/mol. The second-order valence-corrected chi connectivity index (χ2v) is 2.77. The molecule has 1 unspecified atom stereocenters. The summed E-state index contributed by atoms with van der Waals surface area (Å²) in [6, 6.07) is 0. The van der Waals surface area contributed by atoms with Gasteiger partial charge in [-0.25, -0.2) is 0 Å². The van der Waals surface area contributed by atoms with Crippen molar-refractivity contribution >= 4 is 5.78 Å². The molecule has 1 heterocycles. The third kappa shape index (κ3) is 3.30. The summed E-state index contributed by atoms with van der Waals surface area (Å²) in [5, 5.41) is 0. The van der Waals surface area contributed by atoms with Gasteiger partial charge in [0, 0.05) is 13.7 Å². The van der Waals surface area contributed by atoms with Crippen LogP contribution in [0.4, 0.5) is 0 Å². The minimum Gasteiger partial charge on any atom is -0.379 e. The van der Waals surface area contributed by atoms with Crippen molar-refractivity contribution in [2.24, 2.45) is 0 Å². The largest absolute Gasteiger partial charge is 0.379 e. The van der Waals surface area contributed by atoms with Crippen molar-refractivity contribution in [3.63, 3.8) is 0 Å². The minimum absolute atomic E-state index is 0.0237. The Hall–Kier alpha value is -0.450. The maximum absolute atomic E-state index is 10.9. The van der Waals surface area contributed by atoms with Crippen molar-refractivity contribution in [2.75, 3.05) is 33.5 Å². The second kappa shape index (κ2) is 5.24. The summed E-state index contributed by atoms with van der Waals surface area (Å²) in [5.74, 6) is -0.0237. The lowest BCUT2D eigenvalue weighted by molar-refractivity contribution is -0.129. The van der Waals surface area contributed by atoms with E-state index in [0.717, 1.165) is 13.0 Å². The maximum Gasteiger partial charge on any atom is 0.183 e. The van der Waals surface area contributed by atoms with Crippen molar-refractivity contribution in [3.05, 3.63) is 0 Å². The minimum atomic E-state index is -0.0237. The van der Waals surface area contributed by atoms with Gasteiger partial charge in [0.2, 0.25) is 0 Å². The number of hydrogen-bond donors (Lipinski definition) is 0. The van der Waals surface area contributed by atoms with Gasteiger partial charge in [-0.05, 0) is 6.42 Å². The molecule has 0 bridgehead atoms. The highest BCUT2D eigenvalue weighted by Crippen LogP contribution is 2.07. The van der Waals surface area contributed by atoms with Crippen LogP contribution in [0, 0.1) is 0 Å². The quantitative estimate of drug-likeness (QED) is 0.589. The molecule has 0 spiro atoms. The lowest BCUT2D eigenvalue weighted by Crippen LogP contribution is -2.20. The molecule has 1 rings (SSSR count). The number of hydrogen-bond acceptors (Lipinski definition) is 4. The molecule has 1 aliphatic heterocycles. The summed E-state index contributed by atoms with van der Waals surface area (Å²) in [6.45, 7) is 1.62. The van der Waals surface area contributed by atoms with Crippen LogP contribution >= 0.6 is 0 Å². The SMILES string of the molecule is COCC(=O)COC1CCOC1. The molecule has 4 heteroatoms. The maximum atomic E-state index is 10.9. The number of carbonyl (C=O) groups excluding carboxylic acids is 1. The van der Waals surface area contributed by atoms with Gasteiger partial charge < -0.3 is 14.2 Å². The molecule has 1 saturated heterocycles. The van der Waals surface area contributed by atoms with E-state index in [-0.39, 0.29) is 25.1 Å². The Kier molecular flexibility index (Phi) is 4.21. The van der Waals surface area contributed by atoms with Gasteiger partial charge >= 0.3 is 0 Å². The smallest absolute Gasteiger partial charge is 0.183 e. The normalized spacial score (nSPS) is 22.9. The zero-order valence-electron chi connectivity index (χ0n) is 7.25. The highest BCUT2D eigenvalue weighted by Gasteiger charge is 2.16. The molecule has 12 heavy (non-hydrogen) atoms. The highest BCUT2D eigenvalue weighted by atomic mass is 16.5. The summed E-state index contributed by atoms with van der Waals surface area (Å²) in [5.41, 5.74) is 0. The molecule has 0 aromatic heterocycles. The topological polar surface area (TPSA) is 44.8 Å². The average Bonchev–Trinajstić information content (AvgIpc) is 2.53. The van der Waals surface area contributed by atoms with Crippen LogP contribution in [0.15, 0.2) is 0 Å². The van der Waals surface area contributed by atoms with Gasteiger partial charge in [-0.1, -0.05) is 0 Å². The molecule has 1 atom stereocenters. The zero-order valence-corrected chi connectivity index (χ0v) is 7.25. The van der Waals surface area contributed by atoms with Crippen LogP contribution in [-0.2, 0) is 19.0 Å². The number of methoxy groups -OCH3 is 1. The van der Waals surface area contributed by atoms with Crippen molar-refractivity contribution in [3.8, 4) is 0 Å². The van der Waals surface area contributed by atoms with Gasteiger partial charge in [0.05, 0.1) is 12.7 Å². The fourth-order valence-electron chi connectivity index (χ4n) is 1.06. The van der Waals surface area contributed by atoms with Gasteiger partial charge in [-0.3, -0.25) is 4.79 Å². The first kappa shape index (κ1) is 9.64. The van der Waals surface area contributed by atoms with E-state index in [1.165, 1.54) is 7.11 Å². The lowest BCUT2D eigenvalue weighted by atomic mass is 10.3. The summed E-state index contributed by atoms with van der Waals surface area (Å²) in [4.78, 5) is 10.9. The first-order valence-electron chi connectivity index (χ1n) is 4.03. The summed E-state index contributed by atoms with van der Waals surface area (Å²) >= 11 is 0. The summed E-state index contributed by atoms with van der Waals surface area (Å²) < 4.78 is 15.0. The molecule has 0 aliphatic carbocycles. The Labute approximate surface area is 71.8 Å². The van der Waals surface area contributed by atoms with Crippen LogP contribution < -0.4 is 0 Å².